The van der Waals surface area contributed by atoms with Crippen LogP contribution in [0.2, 0.25) is 5.02 Å². The Hall–Kier alpha value is -1.51. The van der Waals surface area contributed by atoms with Crippen LogP contribution in [0.1, 0.15) is 37.9 Å². The first-order valence-electron chi connectivity index (χ1n) is 7.29. The Morgan fingerprint density at radius 2 is 1.76 bits per heavy atom. The molecule has 0 radical (unpaired) electrons. The molecule has 0 heterocycles. The minimum atomic E-state index is 0.205. The van der Waals surface area contributed by atoms with Crippen LogP contribution in [0.4, 0.5) is 0 Å². The van der Waals surface area contributed by atoms with Gasteiger partial charge in [-0.15, -0.1) is 0 Å². The first kappa shape index (κ1) is 15.9. The number of benzene rings is 2. The Bertz CT molecular complexity index is 566. The summed E-state index contributed by atoms with van der Waals surface area (Å²) < 4.78 is 5.64. The van der Waals surface area contributed by atoms with Gasteiger partial charge < -0.3 is 10.1 Å². The van der Waals surface area contributed by atoms with Crippen molar-refractivity contribution in [3.8, 4) is 5.75 Å². The van der Waals surface area contributed by atoms with E-state index in [4.69, 9.17) is 16.3 Å². The summed E-state index contributed by atoms with van der Waals surface area (Å²) in [7, 11) is 0. The molecule has 2 rings (SSSR count). The largest absolute Gasteiger partial charge is 0.491 e. The van der Waals surface area contributed by atoms with Gasteiger partial charge in [-0.3, -0.25) is 0 Å². The standard InChI is InChI=1S/C18H22ClNO/c1-13(2)21-18-9-7-15(8-10-18)12-20-14(3)16-5-4-6-17(19)11-16/h4-11,13-14,20H,12H2,1-3H3/t14-/m1/s1. The Kier molecular flexibility index (Phi) is 5.66. The van der Waals surface area contributed by atoms with Crippen molar-refractivity contribution in [1.82, 2.24) is 5.32 Å². The first-order chi connectivity index (χ1) is 10.0. The first-order valence-corrected chi connectivity index (χ1v) is 7.67. The van der Waals surface area contributed by atoms with E-state index in [1.165, 1.54) is 11.1 Å². The maximum atomic E-state index is 6.02. The fourth-order valence-electron chi connectivity index (χ4n) is 2.12. The minimum Gasteiger partial charge on any atom is -0.491 e. The van der Waals surface area contributed by atoms with Gasteiger partial charge in [0.2, 0.25) is 0 Å². The fraction of sp³-hybridized carbons (Fsp3) is 0.333. The monoisotopic (exact) mass is 303 g/mol. The summed E-state index contributed by atoms with van der Waals surface area (Å²) in [6.45, 7) is 7.02. The molecule has 2 aromatic carbocycles. The maximum Gasteiger partial charge on any atom is 0.119 e. The molecule has 0 aromatic heterocycles. The summed E-state index contributed by atoms with van der Waals surface area (Å²) in [4.78, 5) is 0. The molecule has 0 saturated carbocycles. The predicted molar refractivity (Wildman–Crippen MR) is 88.9 cm³/mol. The summed E-state index contributed by atoms with van der Waals surface area (Å²) in [5, 5.41) is 4.28. The van der Waals surface area contributed by atoms with Crippen LogP contribution < -0.4 is 10.1 Å². The van der Waals surface area contributed by atoms with Gasteiger partial charge in [0.05, 0.1) is 6.10 Å². The fourth-order valence-corrected chi connectivity index (χ4v) is 2.32. The van der Waals surface area contributed by atoms with E-state index in [1.807, 2.05) is 44.2 Å². The van der Waals surface area contributed by atoms with Gasteiger partial charge in [-0.1, -0.05) is 35.9 Å². The van der Waals surface area contributed by atoms with Crippen LogP contribution in [0.25, 0.3) is 0 Å². The van der Waals surface area contributed by atoms with Gasteiger partial charge in [-0.05, 0) is 56.2 Å². The van der Waals surface area contributed by atoms with Crippen molar-refractivity contribution in [2.45, 2.75) is 39.5 Å². The van der Waals surface area contributed by atoms with Gasteiger partial charge in [0.15, 0.2) is 0 Å². The molecule has 1 N–H and O–H groups in total. The third-order valence-corrected chi connectivity index (χ3v) is 3.49. The van der Waals surface area contributed by atoms with E-state index in [-0.39, 0.29) is 12.1 Å². The highest BCUT2D eigenvalue weighted by molar-refractivity contribution is 6.30. The zero-order chi connectivity index (χ0) is 15.2. The van der Waals surface area contributed by atoms with Crippen molar-refractivity contribution in [2.24, 2.45) is 0 Å². The lowest BCUT2D eigenvalue weighted by Crippen LogP contribution is -2.18. The van der Waals surface area contributed by atoms with Gasteiger partial charge in [0.1, 0.15) is 5.75 Å². The Morgan fingerprint density at radius 3 is 2.38 bits per heavy atom. The van der Waals surface area contributed by atoms with E-state index in [2.05, 4.69) is 30.4 Å². The van der Waals surface area contributed by atoms with Crippen molar-refractivity contribution < 1.29 is 4.74 Å². The molecular formula is C18H22ClNO. The zero-order valence-corrected chi connectivity index (χ0v) is 13.5. The number of hydrogen-bond donors (Lipinski definition) is 1. The van der Waals surface area contributed by atoms with Crippen LogP contribution in [0, 0.1) is 0 Å². The number of ether oxygens (including phenoxy) is 1. The lowest BCUT2D eigenvalue weighted by molar-refractivity contribution is 0.242. The normalized spacial score (nSPS) is 12.4. The molecule has 1 atom stereocenters. The van der Waals surface area contributed by atoms with Crippen molar-refractivity contribution in [3.05, 3.63) is 64.7 Å². The van der Waals surface area contributed by atoms with Crippen molar-refractivity contribution in [3.63, 3.8) is 0 Å². The Labute approximate surface area is 132 Å². The molecule has 0 aliphatic carbocycles. The molecule has 3 heteroatoms. The molecule has 0 fully saturated rings. The van der Waals surface area contributed by atoms with E-state index in [0.29, 0.717) is 0 Å². The second-order valence-electron chi connectivity index (χ2n) is 5.47. The van der Waals surface area contributed by atoms with E-state index in [1.54, 1.807) is 0 Å². The molecule has 0 unspecified atom stereocenters. The van der Waals surface area contributed by atoms with Crippen molar-refractivity contribution in [2.75, 3.05) is 0 Å². The van der Waals surface area contributed by atoms with E-state index in [9.17, 15) is 0 Å². The second kappa shape index (κ2) is 7.48. The maximum absolute atomic E-state index is 6.02. The summed E-state index contributed by atoms with van der Waals surface area (Å²) in [5.41, 5.74) is 2.43. The van der Waals surface area contributed by atoms with Gasteiger partial charge in [0, 0.05) is 17.6 Å². The van der Waals surface area contributed by atoms with Crippen LogP contribution in [0.15, 0.2) is 48.5 Å². The second-order valence-corrected chi connectivity index (χ2v) is 5.90. The van der Waals surface area contributed by atoms with Crippen LogP contribution in [0.3, 0.4) is 0 Å². The number of nitrogens with one attached hydrogen (secondary N) is 1. The van der Waals surface area contributed by atoms with Crippen molar-refractivity contribution in [1.29, 1.82) is 0 Å². The third-order valence-electron chi connectivity index (χ3n) is 3.26. The highest BCUT2D eigenvalue weighted by atomic mass is 35.5. The average Bonchev–Trinajstić information content (AvgIpc) is 2.45. The quantitative estimate of drug-likeness (QED) is 0.813. The minimum absolute atomic E-state index is 0.205. The Balaban J connectivity index is 1.90. The highest BCUT2D eigenvalue weighted by Gasteiger charge is 2.05. The smallest absolute Gasteiger partial charge is 0.119 e. The molecule has 0 aliphatic heterocycles. The van der Waals surface area contributed by atoms with E-state index < -0.39 is 0 Å². The SMILES string of the molecule is CC(C)Oc1ccc(CN[C@H](C)c2cccc(Cl)c2)cc1. The highest BCUT2D eigenvalue weighted by Crippen LogP contribution is 2.18. The summed E-state index contributed by atoms with van der Waals surface area (Å²) in [6.07, 6.45) is 0.205. The Morgan fingerprint density at radius 1 is 1.05 bits per heavy atom. The van der Waals surface area contributed by atoms with Crippen LogP contribution in [-0.4, -0.2) is 6.10 Å². The van der Waals surface area contributed by atoms with Gasteiger partial charge in [-0.25, -0.2) is 0 Å². The number of halogens is 1. The molecule has 2 aromatic rings. The summed E-state index contributed by atoms with van der Waals surface area (Å²) in [5.74, 6) is 0.914. The van der Waals surface area contributed by atoms with Gasteiger partial charge >= 0.3 is 0 Å². The zero-order valence-electron chi connectivity index (χ0n) is 12.8. The summed E-state index contributed by atoms with van der Waals surface area (Å²) in [6, 6.07) is 16.4. The molecule has 0 amide bonds. The molecular weight excluding hydrogens is 282 g/mol. The average molecular weight is 304 g/mol. The van der Waals surface area contributed by atoms with Gasteiger partial charge in [0.25, 0.3) is 0 Å². The lowest BCUT2D eigenvalue weighted by atomic mass is 10.1. The van der Waals surface area contributed by atoms with Crippen LogP contribution >= 0.6 is 11.6 Å². The van der Waals surface area contributed by atoms with Crippen molar-refractivity contribution >= 4 is 11.6 Å². The molecule has 21 heavy (non-hydrogen) atoms. The molecule has 0 bridgehead atoms. The van der Waals surface area contributed by atoms with E-state index in [0.717, 1.165) is 17.3 Å². The van der Waals surface area contributed by atoms with Crippen LogP contribution in [0.5, 0.6) is 5.75 Å². The summed E-state index contributed by atoms with van der Waals surface area (Å²) >= 11 is 6.02. The van der Waals surface area contributed by atoms with Gasteiger partial charge in [-0.2, -0.15) is 0 Å². The third kappa shape index (κ3) is 5.07. The molecule has 0 spiro atoms. The van der Waals surface area contributed by atoms with E-state index >= 15 is 0 Å². The van der Waals surface area contributed by atoms with Crippen LogP contribution in [-0.2, 0) is 6.54 Å². The number of hydrogen-bond acceptors (Lipinski definition) is 2. The molecule has 0 saturated heterocycles. The topological polar surface area (TPSA) is 21.3 Å². The molecule has 2 nitrogen and oxygen atoms in total. The molecule has 0 aliphatic rings. The number of rotatable bonds is 6. The predicted octanol–water partition coefficient (Wildman–Crippen LogP) is 4.98. The molecule has 112 valence electrons. The lowest BCUT2D eigenvalue weighted by Gasteiger charge is -2.15.